The second kappa shape index (κ2) is 4.77. The van der Waals surface area contributed by atoms with Crippen LogP contribution in [0.25, 0.3) is 0 Å². The summed E-state index contributed by atoms with van der Waals surface area (Å²) in [5.41, 5.74) is 7.30. The predicted molar refractivity (Wildman–Crippen MR) is 64.8 cm³/mol. The molecule has 94 valence electrons. The average molecular weight is 237 g/mol. The molecule has 1 heterocycles. The lowest BCUT2D eigenvalue weighted by Crippen LogP contribution is -2.12. The van der Waals surface area contributed by atoms with Gasteiger partial charge in [-0.15, -0.1) is 0 Å². The first-order valence-electron chi connectivity index (χ1n) is 6.05. The third-order valence-electron chi connectivity index (χ3n) is 3.52. The first-order chi connectivity index (χ1) is 8.15. The van der Waals surface area contributed by atoms with E-state index in [9.17, 15) is 4.79 Å². The van der Waals surface area contributed by atoms with Crippen LogP contribution in [-0.4, -0.2) is 22.9 Å². The number of nitrogen functional groups attached to an aromatic ring is 1. The van der Waals surface area contributed by atoms with Crippen LogP contribution in [0, 0.1) is 0 Å². The van der Waals surface area contributed by atoms with Crippen LogP contribution in [0.2, 0.25) is 0 Å². The van der Waals surface area contributed by atoms with Crippen LogP contribution >= 0.6 is 0 Å². The number of nitrogens with two attached hydrogens (primary N) is 1. The Balaban J connectivity index is 2.39. The van der Waals surface area contributed by atoms with Gasteiger partial charge in [-0.1, -0.05) is 19.3 Å². The lowest BCUT2D eigenvalue weighted by atomic mass is 9.83. The number of rotatable bonds is 2. The maximum absolute atomic E-state index is 11.7. The fourth-order valence-corrected chi connectivity index (χ4v) is 2.59. The molecule has 1 aliphatic carbocycles. The SMILES string of the molecule is COC(=O)c1nn(C)c(N)c1C1CCCCC1. The van der Waals surface area contributed by atoms with E-state index >= 15 is 0 Å². The number of ether oxygens (including phenoxy) is 1. The minimum Gasteiger partial charge on any atom is -0.464 e. The van der Waals surface area contributed by atoms with E-state index in [2.05, 4.69) is 5.10 Å². The number of aryl methyl sites for hydroxylation is 1. The van der Waals surface area contributed by atoms with Gasteiger partial charge in [0.05, 0.1) is 7.11 Å². The highest BCUT2D eigenvalue weighted by molar-refractivity contribution is 5.90. The zero-order chi connectivity index (χ0) is 12.4. The summed E-state index contributed by atoms with van der Waals surface area (Å²) < 4.78 is 6.33. The molecule has 0 aromatic carbocycles. The molecule has 1 fully saturated rings. The Bertz CT molecular complexity index is 420. The molecular formula is C12H19N3O2. The summed E-state index contributed by atoms with van der Waals surface area (Å²) >= 11 is 0. The van der Waals surface area contributed by atoms with Crippen molar-refractivity contribution >= 4 is 11.8 Å². The van der Waals surface area contributed by atoms with Gasteiger partial charge in [-0.2, -0.15) is 5.10 Å². The molecule has 0 atom stereocenters. The number of hydrogen-bond acceptors (Lipinski definition) is 4. The highest BCUT2D eigenvalue weighted by atomic mass is 16.5. The van der Waals surface area contributed by atoms with Crippen molar-refractivity contribution in [3.8, 4) is 0 Å². The summed E-state index contributed by atoms with van der Waals surface area (Å²) in [6, 6.07) is 0. The molecule has 1 aliphatic rings. The van der Waals surface area contributed by atoms with Gasteiger partial charge < -0.3 is 10.5 Å². The van der Waals surface area contributed by atoms with Gasteiger partial charge in [-0.25, -0.2) is 4.79 Å². The number of nitrogens with zero attached hydrogens (tertiary/aromatic N) is 2. The van der Waals surface area contributed by atoms with E-state index in [1.165, 1.54) is 26.4 Å². The van der Waals surface area contributed by atoms with Crippen LogP contribution in [0.3, 0.4) is 0 Å². The van der Waals surface area contributed by atoms with E-state index in [0.29, 0.717) is 17.4 Å². The van der Waals surface area contributed by atoms with E-state index in [4.69, 9.17) is 10.5 Å². The van der Waals surface area contributed by atoms with Crippen LogP contribution < -0.4 is 5.73 Å². The van der Waals surface area contributed by atoms with Crippen molar-refractivity contribution in [1.82, 2.24) is 9.78 Å². The highest BCUT2D eigenvalue weighted by Gasteiger charge is 2.28. The molecule has 0 spiro atoms. The van der Waals surface area contributed by atoms with Gasteiger partial charge in [-0.05, 0) is 18.8 Å². The summed E-state index contributed by atoms with van der Waals surface area (Å²) in [6.07, 6.45) is 5.82. The minimum atomic E-state index is -0.391. The normalized spacial score (nSPS) is 17.1. The highest BCUT2D eigenvalue weighted by Crippen LogP contribution is 2.37. The second-order valence-electron chi connectivity index (χ2n) is 4.60. The summed E-state index contributed by atoms with van der Waals surface area (Å²) in [7, 11) is 3.13. The number of esters is 1. The fourth-order valence-electron chi connectivity index (χ4n) is 2.59. The summed E-state index contributed by atoms with van der Waals surface area (Å²) in [5, 5.41) is 4.17. The first kappa shape index (κ1) is 12.0. The van der Waals surface area contributed by atoms with E-state index < -0.39 is 5.97 Å². The van der Waals surface area contributed by atoms with Crippen molar-refractivity contribution in [3.05, 3.63) is 11.3 Å². The van der Waals surface area contributed by atoms with Gasteiger partial charge in [0.15, 0.2) is 5.69 Å². The molecular weight excluding hydrogens is 218 g/mol. The molecule has 0 unspecified atom stereocenters. The Morgan fingerprint density at radius 2 is 2.06 bits per heavy atom. The van der Waals surface area contributed by atoms with Crippen molar-refractivity contribution in [2.24, 2.45) is 7.05 Å². The lowest BCUT2D eigenvalue weighted by molar-refractivity contribution is 0.0591. The van der Waals surface area contributed by atoms with Gasteiger partial charge in [0, 0.05) is 12.6 Å². The molecule has 5 nitrogen and oxygen atoms in total. The second-order valence-corrected chi connectivity index (χ2v) is 4.60. The molecule has 0 bridgehead atoms. The Kier molecular flexibility index (Phi) is 3.36. The number of hydrogen-bond donors (Lipinski definition) is 1. The summed E-state index contributed by atoms with van der Waals surface area (Å²) in [4.78, 5) is 11.7. The monoisotopic (exact) mass is 237 g/mol. The summed E-state index contributed by atoms with van der Waals surface area (Å²) in [5.74, 6) is 0.557. The molecule has 1 saturated carbocycles. The largest absolute Gasteiger partial charge is 0.464 e. The molecule has 5 heteroatoms. The van der Waals surface area contributed by atoms with Crippen molar-refractivity contribution in [3.63, 3.8) is 0 Å². The zero-order valence-electron chi connectivity index (χ0n) is 10.4. The van der Waals surface area contributed by atoms with E-state index in [-0.39, 0.29) is 0 Å². The summed E-state index contributed by atoms with van der Waals surface area (Å²) in [6.45, 7) is 0. The zero-order valence-corrected chi connectivity index (χ0v) is 10.4. The minimum absolute atomic E-state index is 0.353. The van der Waals surface area contributed by atoms with Crippen molar-refractivity contribution < 1.29 is 9.53 Å². The molecule has 0 radical (unpaired) electrons. The van der Waals surface area contributed by atoms with Crippen molar-refractivity contribution in [1.29, 1.82) is 0 Å². The molecule has 0 aliphatic heterocycles. The average Bonchev–Trinajstić information content (AvgIpc) is 2.66. The number of methoxy groups -OCH3 is 1. The first-order valence-corrected chi connectivity index (χ1v) is 6.05. The van der Waals surface area contributed by atoms with E-state index in [1.807, 2.05) is 0 Å². The standard InChI is InChI=1S/C12H19N3O2/c1-15-11(13)9(8-6-4-3-5-7-8)10(14-15)12(16)17-2/h8H,3-7,13H2,1-2H3. The molecule has 2 N–H and O–H groups in total. The number of aromatic nitrogens is 2. The van der Waals surface area contributed by atoms with Crippen molar-refractivity contribution in [2.45, 2.75) is 38.0 Å². The van der Waals surface area contributed by atoms with Crippen LogP contribution in [0.5, 0.6) is 0 Å². The fraction of sp³-hybridized carbons (Fsp3) is 0.667. The molecule has 2 rings (SSSR count). The molecule has 1 aromatic rings. The topological polar surface area (TPSA) is 70.1 Å². The maximum atomic E-state index is 11.7. The quantitative estimate of drug-likeness (QED) is 0.797. The Morgan fingerprint density at radius 3 is 2.65 bits per heavy atom. The molecule has 0 amide bonds. The van der Waals surface area contributed by atoms with Crippen LogP contribution in [0.1, 0.15) is 54.1 Å². The predicted octanol–water partition coefficient (Wildman–Crippen LogP) is 1.84. The third kappa shape index (κ3) is 2.14. The number of anilines is 1. The Labute approximate surface area is 101 Å². The Morgan fingerprint density at radius 1 is 1.41 bits per heavy atom. The van der Waals surface area contributed by atoms with Gasteiger partial charge >= 0.3 is 5.97 Å². The number of carbonyl (C=O) groups excluding carboxylic acids is 1. The van der Waals surface area contributed by atoms with Gasteiger partial charge in [0.1, 0.15) is 5.82 Å². The van der Waals surface area contributed by atoms with Gasteiger partial charge in [0.25, 0.3) is 0 Å². The van der Waals surface area contributed by atoms with Crippen LogP contribution in [0.4, 0.5) is 5.82 Å². The smallest absolute Gasteiger partial charge is 0.358 e. The number of carbonyl (C=O) groups is 1. The molecule has 0 saturated heterocycles. The lowest BCUT2D eigenvalue weighted by Gasteiger charge is -2.21. The molecule has 17 heavy (non-hydrogen) atoms. The maximum Gasteiger partial charge on any atom is 0.358 e. The van der Waals surface area contributed by atoms with E-state index in [0.717, 1.165) is 18.4 Å². The molecule has 1 aromatic heterocycles. The van der Waals surface area contributed by atoms with Crippen LogP contribution in [-0.2, 0) is 11.8 Å². The van der Waals surface area contributed by atoms with Gasteiger partial charge in [0.2, 0.25) is 0 Å². The van der Waals surface area contributed by atoms with Crippen molar-refractivity contribution in [2.75, 3.05) is 12.8 Å². The van der Waals surface area contributed by atoms with Crippen LogP contribution in [0.15, 0.2) is 0 Å². The third-order valence-corrected chi connectivity index (χ3v) is 3.52. The van der Waals surface area contributed by atoms with Gasteiger partial charge in [-0.3, -0.25) is 4.68 Å². The van der Waals surface area contributed by atoms with E-state index in [1.54, 1.807) is 11.7 Å². The Hall–Kier alpha value is -1.52.